The van der Waals surface area contributed by atoms with Crippen molar-refractivity contribution in [2.75, 3.05) is 26.7 Å². The number of piperidine rings is 1. The van der Waals surface area contributed by atoms with Gasteiger partial charge >= 0.3 is 12.0 Å². The summed E-state index contributed by atoms with van der Waals surface area (Å²) >= 11 is 5.77. The van der Waals surface area contributed by atoms with E-state index in [-0.39, 0.29) is 29.7 Å². The topological polar surface area (TPSA) is 72.9 Å². The van der Waals surface area contributed by atoms with Crippen LogP contribution in [0.3, 0.4) is 0 Å². The zero-order chi connectivity index (χ0) is 18.8. The van der Waals surface area contributed by atoms with Crippen molar-refractivity contribution in [1.29, 1.82) is 0 Å². The molecule has 2 N–H and O–H groups in total. The lowest BCUT2D eigenvalue weighted by Crippen LogP contribution is -2.50. The average Bonchev–Trinajstić information content (AvgIpc) is 2.98. The van der Waals surface area contributed by atoms with E-state index in [1.807, 2.05) is 7.05 Å². The number of carbonyl (C=O) groups is 2. The highest BCUT2D eigenvalue weighted by atomic mass is 35.5. The number of rotatable bonds is 3. The molecule has 2 saturated heterocycles. The van der Waals surface area contributed by atoms with E-state index in [0.717, 1.165) is 18.5 Å². The second-order valence-electron chi connectivity index (χ2n) is 7.07. The first-order valence-corrected chi connectivity index (χ1v) is 9.18. The fraction of sp³-hybridized carbons (Fsp3) is 0.556. The molecule has 0 radical (unpaired) electrons. The van der Waals surface area contributed by atoms with Crippen molar-refractivity contribution in [3.8, 4) is 0 Å². The molecule has 0 aliphatic carbocycles. The Balaban J connectivity index is 1.70. The minimum atomic E-state index is -0.863. The van der Waals surface area contributed by atoms with Crippen molar-refractivity contribution in [2.45, 2.75) is 31.3 Å². The van der Waals surface area contributed by atoms with E-state index in [9.17, 15) is 19.1 Å². The minimum absolute atomic E-state index is 0.0722. The van der Waals surface area contributed by atoms with Crippen LogP contribution >= 0.6 is 11.6 Å². The van der Waals surface area contributed by atoms with Crippen LogP contribution in [0.1, 0.15) is 30.9 Å². The van der Waals surface area contributed by atoms with Crippen LogP contribution in [0.2, 0.25) is 5.02 Å². The molecule has 3 rings (SSSR count). The van der Waals surface area contributed by atoms with Gasteiger partial charge in [0.15, 0.2) is 0 Å². The van der Waals surface area contributed by atoms with Gasteiger partial charge < -0.3 is 15.3 Å². The number of nitrogens with zero attached hydrogens (tertiary/aromatic N) is 2. The molecule has 26 heavy (non-hydrogen) atoms. The van der Waals surface area contributed by atoms with Crippen molar-refractivity contribution in [3.63, 3.8) is 0 Å². The quantitative estimate of drug-likeness (QED) is 0.841. The Labute approximate surface area is 156 Å². The van der Waals surface area contributed by atoms with Gasteiger partial charge in [0.1, 0.15) is 5.82 Å². The molecule has 0 spiro atoms. The van der Waals surface area contributed by atoms with Gasteiger partial charge in [-0.1, -0.05) is 17.7 Å². The third-order valence-corrected chi connectivity index (χ3v) is 5.61. The highest BCUT2D eigenvalue weighted by Gasteiger charge is 2.36. The van der Waals surface area contributed by atoms with Crippen molar-refractivity contribution in [2.24, 2.45) is 5.92 Å². The van der Waals surface area contributed by atoms with Gasteiger partial charge in [0.2, 0.25) is 0 Å². The summed E-state index contributed by atoms with van der Waals surface area (Å²) in [5.74, 6) is -1.85. The van der Waals surface area contributed by atoms with Crippen LogP contribution in [0.25, 0.3) is 0 Å². The summed E-state index contributed by atoms with van der Waals surface area (Å²) in [6.07, 6.45) is 2.02. The van der Waals surface area contributed by atoms with Gasteiger partial charge in [0.05, 0.1) is 23.0 Å². The Kier molecular flexibility index (Phi) is 5.67. The zero-order valence-electron chi connectivity index (χ0n) is 14.6. The summed E-state index contributed by atoms with van der Waals surface area (Å²) in [6.45, 7) is 1.56. The van der Waals surface area contributed by atoms with Gasteiger partial charge in [-0.05, 0) is 44.0 Å². The Morgan fingerprint density at radius 3 is 2.77 bits per heavy atom. The van der Waals surface area contributed by atoms with E-state index < -0.39 is 17.7 Å². The van der Waals surface area contributed by atoms with Crippen LogP contribution in [0.4, 0.5) is 9.18 Å². The first-order chi connectivity index (χ1) is 12.4. The number of hydrogen-bond acceptors (Lipinski definition) is 3. The van der Waals surface area contributed by atoms with Gasteiger partial charge in [0, 0.05) is 19.6 Å². The first-order valence-electron chi connectivity index (χ1n) is 8.80. The van der Waals surface area contributed by atoms with E-state index in [4.69, 9.17) is 11.6 Å². The van der Waals surface area contributed by atoms with Crippen molar-refractivity contribution in [3.05, 3.63) is 34.6 Å². The average molecular weight is 384 g/mol. The molecule has 2 fully saturated rings. The van der Waals surface area contributed by atoms with E-state index in [1.54, 1.807) is 11.0 Å². The lowest BCUT2D eigenvalue weighted by atomic mass is 9.98. The molecule has 8 heteroatoms. The molecule has 2 amide bonds. The zero-order valence-corrected chi connectivity index (χ0v) is 15.4. The number of carboxylic acids is 1. The van der Waals surface area contributed by atoms with E-state index in [2.05, 4.69) is 10.2 Å². The molecule has 1 aromatic carbocycles. The molecule has 1 aromatic rings. The first kappa shape index (κ1) is 18.9. The summed E-state index contributed by atoms with van der Waals surface area (Å²) in [4.78, 5) is 27.5. The monoisotopic (exact) mass is 383 g/mol. The van der Waals surface area contributed by atoms with Gasteiger partial charge in [-0.3, -0.25) is 9.69 Å². The predicted molar refractivity (Wildman–Crippen MR) is 95.7 cm³/mol. The number of hydrogen-bond donors (Lipinski definition) is 2. The molecular formula is C18H23ClFN3O3. The lowest BCUT2D eigenvalue weighted by Gasteiger charge is -2.33. The van der Waals surface area contributed by atoms with Crippen LogP contribution < -0.4 is 5.32 Å². The predicted octanol–water partition coefficient (Wildman–Crippen LogP) is 2.73. The van der Waals surface area contributed by atoms with E-state index in [0.29, 0.717) is 19.4 Å². The molecule has 0 bridgehead atoms. The molecule has 2 heterocycles. The fourth-order valence-corrected chi connectivity index (χ4v) is 4.01. The molecule has 3 unspecified atom stereocenters. The van der Waals surface area contributed by atoms with Crippen LogP contribution in [0.5, 0.6) is 0 Å². The minimum Gasteiger partial charge on any atom is -0.481 e. The number of likely N-dealkylation sites (N-methyl/N-ethyl adjacent to an activating group) is 1. The number of aliphatic carboxylic acids is 1. The number of amides is 2. The van der Waals surface area contributed by atoms with E-state index in [1.165, 1.54) is 12.1 Å². The van der Waals surface area contributed by atoms with Crippen LogP contribution in [0.15, 0.2) is 18.2 Å². The number of urea groups is 1. The summed E-state index contributed by atoms with van der Waals surface area (Å²) in [5.41, 5.74) is 0.763. The third-order valence-electron chi connectivity index (χ3n) is 5.30. The van der Waals surface area contributed by atoms with Gasteiger partial charge in [-0.2, -0.15) is 0 Å². The molecule has 0 aromatic heterocycles. The number of likely N-dealkylation sites (tertiary alicyclic amines) is 2. The second-order valence-corrected chi connectivity index (χ2v) is 7.47. The largest absolute Gasteiger partial charge is 0.481 e. The normalized spacial score (nSPS) is 26.7. The van der Waals surface area contributed by atoms with Gasteiger partial charge in [-0.25, -0.2) is 9.18 Å². The SMILES string of the molecule is CN1CCC(NC(=O)N2CCCC(C(=O)O)C2)C1c1ccc(Cl)c(F)c1. The maximum Gasteiger partial charge on any atom is 0.317 e. The Bertz CT molecular complexity index is 702. The summed E-state index contributed by atoms with van der Waals surface area (Å²) < 4.78 is 13.9. The molecule has 6 nitrogen and oxygen atoms in total. The van der Waals surface area contributed by atoms with Crippen LogP contribution in [-0.2, 0) is 4.79 Å². The molecular weight excluding hydrogens is 361 g/mol. The maximum atomic E-state index is 13.9. The second kappa shape index (κ2) is 7.80. The molecule has 0 saturated carbocycles. The molecule has 2 aliphatic rings. The van der Waals surface area contributed by atoms with Crippen molar-refractivity contribution in [1.82, 2.24) is 15.1 Å². The smallest absolute Gasteiger partial charge is 0.317 e. The van der Waals surface area contributed by atoms with Gasteiger partial charge in [-0.15, -0.1) is 0 Å². The Morgan fingerprint density at radius 1 is 1.31 bits per heavy atom. The number of carboxylic acid groups (broad SMARTS) is 1. The summed E-state index contributed by atoms with van der Waals surface area (Å²) in [5, 5.41) is 12.3. The molecule has 3 atom stereocenters. The molecule has 142 valence electrons. The highest BCUT2D eigenvalue weighted by Crippen LogP contribution is 2.32. The number of nitrogens with one attached hydrogen (secondary N) is 1. The summed E-state index contributed by atoms with van der Waals surface area (Å²) in [6, 6.07) is 4.15. The van der Waals surface area contributed by atoms with Crippen LogP contribution in [-0.4, -0.2) is 59.6 Å². The molecule has 2 aliphatic heterocycles. The number of benzene rings is 1. The lowest BCUT2D eigenvalue weighted by molar-refractivity contribution is -0.143. The van der Waals surface area contributed by atoms with Crippen molar-refractivity contribution >= 4 is 23.6 Å². The van der Waals surface area contributed by atoms with E-state index >= 15 is 0 Å². The maximum absolute atomic E-state index is 13.9. The Morgan fingerprint density at radius 2 is 2.08 bits per heavy atom. The standard InChI is InChI=1S/C18H23ClFN3O3/c1-22-8-6-15(16(22)11-4-5-13(19)14(20)9-11)21-18(26)23-7-2-3-12(10-23)17(24)25/h4-5,9,12,15-16H,2-3,6-8,10H2,1H3,(H,21,26)(H,24,25). The number of halogens is 2. The highest BCUT2D eigenvalue weighted by molar-refractivity contribution is 6.30. The summed E-state index contributed by atoms with van der Waals surface area (Å²) in [7, 11) is 1.94. The number of carbonyl (C=O) groups excluding carboxylic acids is 1. The Hall–Kier alpha value is -1.86. The third kappa shape index (κ3) is 3.94. The van der Waals surface area contributed by atoms with Gasteiger partial charge in [0.25, 0.3) is 0 Å². The van der Waals surface area contributed by atoms with Crippen LogP contribution in [0, 0.1) is 11.7 Å². The van der Waals surface area contributed by atoms with Crippen molar-refractivity contribution < 1.29 is 19.1 Å². The fourth-order valence-electron chi connectivity index (χ4n) is 3.89.